The second-order valence-electron chi connectivity index (χ2n) is 6.74. The third-order valence-corrected chi connectivity index (χ3v) is 4.92. The van der Waals surface area contributed by atoms with Crippen LogP contribution in [0, 0.1) is 23.0 Å². The number of hydrogen-bond acceptors (Lipinski definition) is 5. The fourth-order valence-corrected chi connectivity index (χ4v) is 3.38. The van der Waals surface area contributed by atoms with Gasteiger partial charge in [0, 0.05) is 56.3 Å². The first-order valence-electron chi connectivity index (χ1n) is 8.79. The van der Waals surface area contributed by atoms with Crippen LogP contribution >= 0.6 is 0 Å². The number of rotatable bonds is 4. The first-order chi connectivity index (χ1) is 13.1. The molecule has 0 amide bonds. The monoisotopic (exact) mass is 368 g/mol. The second-order valence-corrected chi connectivity index (χ2v) is 6.74. The summed E-state index contributed by atoms with van der Waals surface area (Å²) in [5, 5.41) is 13.7. The Morgan fingerprint density at radius 2 is 1.74 bits per heavy atom. The molecule has 0 bridgehead atoms. The Morgan fingerprint density at radius 3 is 2.44 bits per heavy atom. The standard InChI is InChI=1S/C20H18F2N4O/c21-16-3-4-17-19(24-27-20(17)10-16)13-26-7-5-25(6-8-26)12-15-2-1-14(11-23)9-18(15)22/h1-4,9-10H,5-8,12-13H2. The summed E-state index contributed by atoms with van der Waals surface area (Å²) in [5.74, 6) is -0.674. The van der Waals surface area contributed by atoms with Crippen molar-refractivity contribution >= 4 is 11.0 Å². The van der Waals surface area contributed by atoms with Crippen LogP contribution in [-0.4, -0.2) is 41.1 Å². The molecule has 0 atom stereocenters. The molecule has 138 valence electrons. The minimum atomic E-state index is -0.339. The van der Waals surface area contributed by atoms with Gasteiger partial charge in [-0.1, -0.05) is 11.2 Å². The quantitative estimate of drug-likeness (QED) is 0.707. The average Bonchev–Trinajstić information content (AvgIpc) is 3.06. The maximum Gasteiger partial charge on any atom is 0.170 e. The van der Waals surface area contributed by atoms with Crippen LogP contribution in [0.2, 0.25) is 0 Å². The van der Waals surface area contributed by atoms with Gasteiger partial charge in [-0.15, -0.1) is 0 Å². The van der Waals surface area contributed by atoms with Gasteiger partial charge in [-0.25, -0.2) is 8.78 Å². The maximum absolute atomic E-state index is 14.1. The SMILES string of the molecule is N#Cc1ccc(CN2CCN(Cc3noc4cc(F)ccc34)CC2)c(F)c1. The van der Waals surface area contributed by atoms with E-state index in [1.807, 2.05) is 6.07 Å². The molecule has 1 saturated heterocycles. The van der Waals surface area contributed by atoms with Crippen molar-refractivity contribution in [3.63, 3.8) is 0 Å². The molecule has 4 rings (SSSR count). The minimum absolute atomic E-state index is 0.334. The van der Waals surface area contributed by atoms with Crippen molar-refractivity contribution in [3.05, 3.63) is 64.9 Å². The van der Waals surface area contributed by atoms with Crippen LogP contribution in [0.15, 0.2) is 40.9 Å². The zero-order chi connectivity index (χ0) is 18.8. The average molecular weight is 368 g/mol. The molecule has 1 aromatic heterocycles. The Hall–Kier alpha value is -2.82. The van der Waals surface area contributed by atoms with Gasteiger partial charge < -0.3 is 4.52 Å². The summed E-state index contributed by atoms with van der Waals surface area (Å²) in [7, 11) is 0. The van der Waals surface area contributed by atoms with E-state index in [2.05, 4.69) is 15.0 Å². The van der Waals surface area contributed by atoms with Crippen molar-refractivity contribution < 1.29 is 13.3 Å². The number of halogens is 2. The van der Waals surface area contributed by atoms with E-state index in [4.69, 9.17) is 9.78 Å². The van der Waals surface area contributed by atoms with Crippen LogP contribution < -0.4 is 0 Å². The molecule has 0 saturated carbocycles. The van der Waals surface area contributed by atoms with Gasteiger partial charge in [-0.05, 0) is 24.3 Å². The van der Waals surface area contributed by atoms with Crippen molar-refractivity contribution in [1.29, 1.82) is 5.26 Å². The van der Waals surface area contributed by atoms with Crippen molar-refractivity contribution in [2.24, 2.45) is 0 Å². The molecule has 5 nitrogen and oxygen atoms in total. The number of aromatic nitrogens is 1. The van der Waals surface area contributed by atoms with E-state index in [-0.39, 0.29) is 11.6 Å². The van der Waals surface area contributed by atoms with E-state index in [0.29, 0.717) is 29.8 Å². The van der Waals surface area contributed by atoms with Crippen LogP contribution in [0.3, 0.4) is 0 Å². The molecule has 1 fully saturated rings. The molecule has 2 heterocycles. The zero-order valence-corrected chi connectivity index (χ0v) is 14.7. The van der Waals surface area contributed by atoms with E-state index in [1.54, 1.807) is 18.2 Å². The van der Waals surface area contributed by atoms with Crippen molar-refractivity contribution in [1.82, 2.24) is 15.0 Å². The Kier molecular flexibility index (Phi) is 4.84. The molecule has 27 heavy (non-hydrogen) atoms. The third-order valence-electron chi connectivity index (χ3n) is 4.92. The molecular weight excluding hydrogens is 350 g/mol. The summed E-state index contributed by atoms with van der Waals surface area (Å²) in [5.41, 5.74) is 2.20. The van der Waals surface area contributed by atoms with Gasteiger partial charge in [0.2, 0.25) is 0 Å². The molecule has 0 spiro atoms. The first kappa shape index (κ1) is 17.6. The van der Waals surface area contributed by atoms with Crippen molar-refractivity contribution in [2.45, 2.75) is 13.1 Å². The normalized spacial score (nSPS) is 15.9. The Bertz CT molecular complexity index is 1000. The zero-order valence-electron chi connectivity index (χ0n) is 14.7. The smallest absolute Gasteiger partial charge is 0.170 e. The van der Waals surface area contributed by atoms with E-state index in [9.17, 15) is 8.78 Å². The summed E-state index contributed by atoms with van der Waals surface area (Å²) in [4.78, 5) is 4.45. The second kappa shape index (κ2) is 7.43. The number of nitrogens with zero attached hydrogens (tertiary/aromatic N) is 4. The first-order valence-corrected chi connectivity index (χ1v) is 8.79. The third kappa shape index (κ3) is 3.82. The molecule has 0 unspecified atom stereocenters. The van der Waals surface area contributed by atoms with Gasteiger partial charge in [-0.3, -0.25) is 9.80 Å². The fraction of sp³-hybridized carbons (Fsp3) is 0.300. The largest absolute Gasteiger partial charge is 0.356 e. The highest BCUT2D eigenvalue weighted by molar-refractivity contribution is 5.79. The molecule has 0 N–H and O–H groups in total. The maximum atomic E-state index is 14.1. The summed E-state index contributed by atoms with van der Waals surface area (Å²) >= 11 is 0. The van der Waals surface area contributed by atoms with Crippen LogP contribution in [0.5, 0.6) is 0 Å². The summed E-state index contributed by atoms with van der Waals surface area (Å²) in [6, 6.07) is 11.0. The Balaban J connectivity index is 1.35. The van der Waals surface area contributed by atoms with Crippen LogP contribution in [0.4, 0.5) is 8.78 Å². The number of benzene rings is 2. The summed E-state index contributed by atoms with van der Waals surface area (Å²) in [6.07, 6.45) is 0. The lowest BCUT2D eigenvalue weighted by molar-refractivity contribution is 0.119. The number of nitriles is 1. The predicted octanol–water partition coefficient (Wildman–Crippen LogP) is 3.30. The molecular formula is C20H18F2N4O. The van der Waals surface area contributed by atoms with Gasteiger partial charge in [0.1, 0.15) is 17.3 Å². The van der Waals surface area contributed by atoms with E-state index >= 15 is 0 Å². The highest BCUT2D eigenvalue weighted by Gasteiger charge is 2.20. The van der Waals surface area contributed by atoms with Crippen LogP contribution in [0.1, 0.15) is 16.8 Å². The fourth-order valence-electron chi connectivity index (χ4n) is 3.38. The van der Waals surface area contributed by atoms with Crippen molar-refractivity contribution in [2.75, 3.05) is 26.2 Å². The minimum Gasteiger partial charge on any atom is -0.356 e. The molecule has 0 radical (unpaired) electrons. The van der Waals surface area contributed by atoms with Crippen LogP contribution in [0.25, 0.3) is 11.0 Å². The summed E-state index contributed by atoms with van der Waals surface area (Å²) < 4.78 is 32.5. The molecule has 3 aromatic rings. The molecule has 0 aliphatic carbocycles. The van der Waals surface area contributed by atoms with Gasteiger partial charge in [0.15, 0.2) is 5.58 Å². The van der Waals surface area contributed by atoms with Crippen molar-refractivity contribution in [3.8, 4) is 6.07 Å². The van der Waals surface area contributed by atoms with E-state index < -0.39 is 0 Å². The molecule has 1 aliphatic rings. The molecule has 2 aromatic carbocycles. The Labute approximate surface area is 155 Å². The highest BCUT2D eigenvalue weighted by Crippen LogP contribution is 2.21. The van der Waals surface area contributed by atoms with E-state index in [1.165, 1.54) is 18.2 Å². The van der Waals surface area contributed by atoms with Gasteiger partial charge in [-0.2, -0.15) is 5.26 Å². The lowest BCUT2D eigenvalue weighted by Gasteiger charge is -2.34. The predicted molar refractivity (Wildman–Crippen MR) is 95.6 cm³/mol. The summed E-state index contributed by atoms with van der Waals surface area (Å²) in [6.45, 7) is 4.43. The topological polar surface area (TPSA) is 56.3 Å². The van der Waals surface area contributed by atoms with Gasteiger partial charge in [0.05, 0.1) is 11.6 Å². The molecule has 7 heteroatoms. The lowest BCUT2D eigenvalue weighted by Crippen LogP contribution is -2.45. The number of hydrogen-bond donors (Lipinski definition) is 0. The van der Waals surface area contributed by atoms with Crippen LogP contribution in [-0.2, 0) is 13.1 Å². The lowest BCUT2D eigenvalue weighted by atomic mass is 10.1. The van der Waals surface area contributed by atoms with E-state index in [0.717, 1.165) is 37.3 Å². The van der Waals surface area contributed by atoms with Gasteiger partial charge >= 0.3 is 0 Å². The number of piperazine rings is 1. The Morgan fingerprint density at radius 1 is 1.00 bits per heavy atom. The molecule has 1 aliphatic heterocycles. The highest BCUT2D eigenvalue weighted by atomic mass is 19.1. The van der Waals surface area contributed by atoms with Gasteiger partial charge in [0.25, 0.3) is 0 Å². The number of fused-ring (bicyclic) bond motifs is 1.